The highest BCUT2D eigenvalue weighted by Crippen LogP contribution is 2.23. The molecule has 0 atom stereocenters. The maximum atomic E-state index is 12.2. The van der Waals surface area contributed by atoms with Gasteiger partial charge in [0.25, 0.3) is 5.91 Å². The summed E-state index contributed by atoms with van der Waals surface area (Å²) >= 11 is 3.39. The molecule has 3 rings (SSSR count). The fourth-order valence-corrected chi connectivity index (χ4v) is 2.46. The number of carbonyl (C=O) groups is 1. The van der Waals surface area contributed by atoms with Crippen molar-refractivity contribution in [3.8, 4) is 11.5 Å². The van der Waals surface area contributed by atoms with Crippen LogP contribution >= 0.6 is 15.9 Å². The summed E-state index contributed by atoms with van der Waals surface area (Å²) in [5, 5.41) is 10.4. The van der Waals surface area contributed by atoms with Gasteiger partial charge in [-0.2, -0.15) is 0 Å². The number of amides is 1. The number of hydrogen-bond acceptors (Lipinski definition) is 4. The van der Waals surface area contributed by atoms with Crippen LogP contribution in [0.4, 0.5) is 6.01 Å². The van der Waals surface area contributed by atoms with Gasteiger partial charge in [-0.3, -0.25) is 10.1 Å². The normalized spacial score (nSPS) is 10.6. The number of benzene rings is 2. The molecular formula is C17H14BrN3O2. The van der Waals surface area contributed by atoms with Crippen LogP contribution in [-0.4, -0.2) is 16.1 Å². The minimum absolute atomic E-state index is 0.0724. The first-order chi connectivity index (χ1) is 11.0. The quantitative estimate of drug-likeness (QED) is 0.742. The summed E-state index contributed by atoms with van der Waals surface area (Å²) in [5.74, 6) is 0.0687. The van der Waals surface area contributed by atoms with Crippen molar-refractivity contribution in [1.29, 1.82) is 0 Å². The minimum atomic E-state index is -0.280. The molecule has 0 aliphatic rings. The first-order valence-electron chi connectivity index (χ1n) is 7.01. The van der Waals surface area contributed by atoms with Crippen LogP contribution in [0, 0.1) is 13.8 Å². The Labute approximate surface area is 141 Å². The van der Waals surface area contributed by atoms with Crippen LogP contribution in [0.3, 0.4) is 0 Å². The fraction of sp³-hybridized carbons (Fsp3) is 0.118. The standard InChI is InChI=1S/C17H14BrN3O2/c1-10-6-7-12(8-11(10)2)15(22)19-17-21-20-16(23-17)13-4-3-5-14(18)9-13/h3-9H,1-2H3,(H,19,21,22). The molecule has 0 saturated carbocycles. The van der Waals surface area contributed by atoms with Gasteiger partial charge in [-0.25, -0.2) is 0 Å². The average Bonchev–Trinajstić information content (AvgIpc) is 2.98. The van der Waals surface area contributed by atoms with Crippen molar-refractivity contribution >= 4 is 27.9 Å². The van der Waals surface area contributed by atoms with E-state index in [0.29, 0.717) is 11.5 Å². The summed E-state index contributed by atoms with van der Waals surface area (Å²) < 4.78 is 6.41. The molecule has 23 heavy (non-hydrogen) atoms. The van der Waals surface area contributed by atoms with Crippen LogP contribution in [0.1, 0.15) is 21.5 Å². The number of halogens is 1. The molecule has 116 valence electrons. The van der Waals surface area contributed by atoms with Crippen molar-refractivity contribution in [3.63, 3.8) is 0 Å². The van der Waals surface area contributed by atoms with Crippen LogP contribution in [-0.2, 0) is 0 Å². The zero-order valence-corrected chi connectivity index (χ0v) is 14.2. The number of aromatic nitrogens is 2. The summed E-state index contributed by atoms with van der Waals surface area (Å²) in [6.07, 6.45) is 0. The highest BCUT2D eigenvalue weighted by atomic mass is 79.9. The molecule has 3 aromatic rings. The monoisotopic (exact) mass is 371 g/mol. The van der Waals surface area contributed by atoms with E-state index in [1.165, 1.54) is 0 Å². The van der Waals surface area contributed by atoms with Gasteiger partial charge in [-0.15, -0.1) is 5.10 Å². The van der Waals surface area contributed by atoms with Gasteiger partial charge in [0, 0.05) is 15.6 Å². The molecule has 0 saturated heterocycles. The molecule has 0 radical (unpaired) electrons. The third-order valence-corrected chi connectivity index (χ3v) is 3.98. The zero-order valence-electron chi connectivity index (χ0n) is 12.6. The van der Waals surface area contributed by atoms with E-state index >= 15 is 0 Å². The first-order valence-corrected chi connectivity index (χ1v) is 7.80. The Morgan fingerprint density at radius 1 is 1.09 bits per heavy atom. The average molecular weight is 372 g/mol. The van der Waals surface area contributed by atoms with Crippen LogP contribution in [0.25, 0.3) is 11.5 Å². The second kappa shape index (κ2) is 6.34. The second-order valence-electron chi connectivity index (χ2n) is 5.18. The van der Waals surface area contributed by atoms with E-state index in [-0.39, 0.29) is 11.9 Å². The molecule has 0 unspecified atom stereocenters. The Morgan fingerprint density at radius 2 is 1.91 bits per heavy atom. The Kier molecular flexibility index (Phi) is 4.25. The fourth-order valence-electron chi connectivity index (χ4n) is 2.06. The van der Waals surface area contributed by atoms with Gasteiger partial charge in [0.05, 0.1) is 0 Å². The molecule has 2 aromatic carbocycles. The summed E-state index contributed by atoms with van der Waals surface area (Å²) in [7, 11) is 0. The molecular weight excluding hydrogens is 358 g/mol. The zero-order chi connectivity index (χ0) is 16.4. The highest BCUT2D eigenvalue weighted by Gasteiger charge is 2.13. The third-order valence-electron chi connectivity index (χ3n) is 3.49. The van der Waals surface area contributed by atoms with Crippen molar-refractivity contribution in [2.75, 3.05) is 5.32 Å². The van der Waals surface area contributed by atoms with Gasteiger partial charge < -0.3 is 4.42 Å². The number of carbonyl (C=O) groups excluding carboxylic acids is 1. The van der Waals surface area contributed by atoms with Crippen LogP contribution < -0.4 is 5.32 Å². The smallest absolute Gasteiger partial charge is 0.322 e. The maximum absolute atomic E-state index is 12.2. The number of anilines is 1. The van der Waals surface area contributed by atoms with E-state index in [2.05, 4.69) is 31.4 Å². The molecule has 0 aliphatic carbocycles. The predicted octanol–water partition coefficient (Wildman–Crippen LogP) is 4.37. The molecule has 0 spiro atoms. The summed E-state index contributed by atoms with van der Waals surface area (Å²) in [5.41, 5.74) is 3.52. The van der Waals surface area contributed by atoms with Gasteiger partial charge in [0.1, 0.15) is 0 Å². The highest BCUT2D eigenvalue weighted by molar-refractivity contribution is 9.10. The Balaban J connectivity index is 1.78. The summed E-state index contributed by atoms with van der Waals surface area (Å²) in [4.78, 5) is 12.2. The molecule has 1 heterocycles. The summed E-state index contributed by atoms with van der Waals surface area (Å²) in [6.45, 7) is 3.96. The number of aryl methyl sites for hydroxylation is 2. The molecule has 0 aliphatic heterocycles. The molecule has 1 amide bonds. The van der Waals surface area contributed by atoms with E-state index in [1.54, 1.807) is 6.07 Å². The van der Waals surface area contributed by atoms with E-state index in [0.717, 1.165) is 21.2 Å². The van der Waals surface area contributed by atoms with E-state index in [4.69, 9.17) is 4.42 Å². The molecule has 1 aromatic heterocycles. The van der Waals surface area contributed by atoms with E-state index in [1.807, 2.05) is 50.2 Å². The van der Waals surface area contributed by atoms with Gasteiger partial charge in [0.15, 0.2) is 0 Å². The van der Waals surface area contributed by atoms with Gasteiger partial charge >= 0.3 is 6.01 Å². The minimum Gasteiger partial charge on any atom is -0.403 e. The van der Waals surface area contributed by atoms with Crippen molar-refractivity contribution < 1.29 is 9.21 Å². The molecule has 0 bridgehead atoms. The lowest BCUT2D eigenvalue weighted by molar-refractivity contribution is 0.102. The van der Waals surface area contributed by atoms with Crippen molar-refractivity contribution in [2.45, 2.75) is 13.8 Å². The SMILES string of the molecule is Cc1ccc(C(=O)Nc2nnc(-c3cccc(Br)c3)o2)cc1C. The van der Waals surface area contributed by atoms with Crippen molar-refractivity contribution in [3.05, 3.63) is 63.6 Å². The van der Waals surface area contributed by atoms with Gasteiger partial charge in [0.2, 0.25) is 5.89 Å². The Hall–Kier alpha value is -2.47. The lowest BCUT2D eigenvalue weighted by atomic mass is 10.1. The predicted molar refractivity (Wildman–Crippen MR) is 91.3 cm³/mol. The van der Waals surface area contributed by atoms with Gasteiger partial charge in [-0.1, -0.05) is 33.2 Å². The third kappa shape index (κ3) is 3.48. The number of hydrogen-bond donors (Lipinski definition) is 1. The molecule has 6 heteroatoms. The van der Waals surface area contributed by atoms with Crippen molar-refractivity contribution in [2.24, 2.45) is 0 Å². The van der Waals surface area contributed by atoms with Crippen molar-refractivity contribution in [1.82, 2.24) is 10.2 Å². The van der Waals surface area contributed by atoms with E-state index in [9.17, 15) is 4.79 Å². The number of rotatable bonds is 3. The first kappa shape index (κ1) is 15.4. The lowest BCUT2D eigenvalue weighted by Crippen LogP contribution is -2.12. The van der Waals surface area contributed by atoms with Gasteiger partial charge in [-0.05, 0) is 55.3 Å². The second-order valence-corrected chi connectivity index (χ2v) is 6.09. The Morgan fingerprint density at radius 3 is 2.65 bits per heavy atom. The van der Waals surface area contributed by atoms with Crippen LogP contribution in [0.5, 0.6) is 0 Å². The van der Waals surface area contributed by atoms with E-state index < -0.39 is 0 Å². The lowest BCUT2D eigenvalue weighted by Gasteiger charge is -2.04. The molecule has 5 nitrogen and oxygen atoms in total. The largest absolute Gasteiger partial charge is 0.403 e. The maximum Gasteiger partial charge on any atom is 0.322 e. The van der Waals surface area contributed by atoms with Crippen LogP contribution in [0.2, 0.25) is 0 Å². The molecule has 0 fully saturated rings. The Bertz CT molecular complexity index is 874. The van der Waals surface area contributed by atoms with Crippen LogP contribution in [0.15, 0.2) is 51.4 Å². The number of nitrogens with one attached hydrogen (secondary N) is 1. The molecule has 1 N–H and O–H groups in total. The summed E-state index contributed by atoms with van der Waals surface area (Å²) in [6, 6.07) is 13.1. The topological polar surface area (TPSA) is 68.0 Å². The number of nitrogens with zero attached hydrogens (tertiary/aromatic N) is 2.